The number of hydrogen-bond donors (Lipinski definition) is 0. The van der Waals surface area contributed by atoms with E-state index >= 15 is 0 Å². The predicted molar refractivity (Wildman–Crippen MR) is 325 cm³/mol. The lowest BCUT2D eigenvalue weighted by Gasteiger charge is -2.15. The second-order valence-corrected chi connectivity index (χ2v) is 23.4. The minimum Gasteiger partial charge on any atom is -0.385 e. The van der Waals surface area contributed by atoms with E-state index in [9.17, 15) is 0 Å². The van der Waals surface area contributed by atoms with Crippen molar-refractivity contribution in [2.75, 3.05) is 80.3 Å². The smallest absolute Gasteiger partial charge is 0.0822 e. The molecule has 77 heavy (non-hydrogen) atoms. The molecule has 5 unspecified atom stereocenters. The van der Waals surface area contributed by atoms with Gasteiger partial charge in [-0.1, -0.05) is 227 Å². The maximum atomic E-state index is 5.55. The number of methoxy groups -OCH3 is 2. The molecule has 0 heterocycles. The highest BCUT2D eigenvalue weighted by atomic mass is 17.2. The Kier molecular flexibility index (Phi) is 66.1. The second-order valence-electron chi connectivity index (χ2n) is 23.4. The molecule has 0 aliphatic rings. The molecule has 0 aliphatic carbocycles. The van der Waals surface area contributed by atoms with Crippen molar-refractivity contribution in [2.45, 2.75) is 324 Å². The van der Waals surface area contributed by atoms with Gasteiger partial charge < -0.3 is 9.47 Å². The molecule has 5 atom stereocenters. The fourth-order valence-corrected chi connectivity index (χ4v) is 11.2. The average molecular weight is 1100 g/mol. The first-order valence-corrected chi connectivity index (χ1v) is 34.0. The van der Waals surface area contributed by atoms with Gasteiger partial charge in [-0.15, -0.1) is 0 Å². The highest BCUT2D eigenvalue weighted by molar-refractivity contribution is 4.63. The van der Waals surface area contributed by atoms with Crippen LogP contribution in [0.3, 0.4) is 0 Å². The normalized spacial score (nSPS) is 13.9. The van der Waals surface area contributed by atoms with Gasteiger partial charge in [0, 0.05) is 27.4 Å². The van der Waals surface area contributed by atoms with E-state index in [4.69, 9.17) is 48.6 Å². The fraction of sp³-hybridized carbons (Fsp3) is 1.00. The lowest BCUT2D eigenvalue weighted by atomic mass is 9.93. The van der Waals surface area contributed by atoms with Gasteiger partial charge in [0.25, 0.3) is 0 Å². The standard InChI is InChI=1S/C67H136O10/c1-8-63(48-38-54-69-7)43-29-19-14-24-34-55-70-75-60-40-50-65(10-3)45-31-21-16-26-36-57-72-77-62-42-52-67(12-5)47-32-22-17-27-37-58-73-76-61-41-51-66(11-4)46-30-20-15-25-35-56-71-74-59-39-49-64(9-2)44-28-18-13-23-33-53-68-6/h63-67H,8-62H2,1-7H3. The molecule has 0 bridgehead atoms. The molecule has 0 aromatic rings. The number of rotatable bonds is 69. The van der Waals surface area contributed by atoms with E-state index in [1.807, 2.05) is 0 Å². The number of unbranched alkanes of at least 4 members (excludes halogenated alkanes) is 20. The molecular formula is C67H136O10. The van der Waals surface area contributed by atoms with Gasteiger partial charge in [0.05, 0.1) is 52.9 Å². The second kappa shape index (κ2) is 66.4. The van der Waals surface area contributed by atoms with E-state index in [-0.39, 0.29) is 0 Å². The zero-order chi connectivity index (χ0) is 55.8. The zero-order valence-corrected chi connectivity index (χ0v) is 52.9. The van der Waals surface area contributed by atoms with Crippen molar-refractivity contribution in [2.24, 2.45) is 29.6 Å². The molecule has 0 spiro atoms. The van der Waals surface area contributed by atoms with E-state index in [1.54, 1.807) is 14.2 Å². The third-order valence-corrected chi connectivity index (χ3v) is 16.9. The molecule has 0 rings (SSSR count). The monoisotopic (exact) mass is 1100 g/mol. The van der Waals surface area contributed by atoms with E-state index in [1.165, 1.54) is 238 Å². The van der Waals surface area contributed by atoms with E-state index in [0.29, 0.717) is 0 Å². The molecule has 0 N–H and O–H groups in total. The highest BCUT2D eigenvalue weighted by Crippen LogP contribution is 2.24. The van der Waals surface area contributed by atoms with Gasteiger partial charge in [0.2, 0.25) is 0 Å². The van der Waals surface area contributed by atoms with Crippen LogP contribution in [0.2, 0.25) is 0 Å². The molecule has 10 heteroatoms. The first kappa shape index (κ1) is 76.6. The van der Waals surface area contributed by atoms with Crippen LogP contribution >= 0.6 is 0 Å². The van der Waals surface area contributed by atoms with E-state index in [2.05, 4.69) is 34.6 Å². The van der Waals surface area contributed by atoms with Crippen LogP contribution in [0.5, 0.6) is 0 Å². The molecule has 0 amide bonds. The largest absolute Gasteiger partial charge is 0.385 e. The van der Waals surface area contributed by atoms with Crippen LogP contribution in [-0.4, -0.2) is 80.3 Å². The van der Waals surface area contributed by atoms with E-state index in [0.717, 1.165) is 147 Å². The summed E-state index contributed by atoms with van der Waals surface area (Å²) in [6, 6.07) is 0. The summed E-state index contributed by atoms with van der Waals surface area (Å²) >= 11 is 0. The minimum atomic E-state index is 0.718. The first-order chi connectivity index (χ1) is 38.1. The number of ether oxygens (including phenoxy) is 2. The van der Waals surface area contributed by atoms with Gasteiger partial charge in [-0.25, -0.2) is 39.1 Å². The Hall–Kier alpha value is -0.400. The minimum absolute atomic E-state index is 0.718. The van der Waals surface area contributed by atoms with Crippen LogP contribution < -0.4 is 0 Å². The molecule has 0 aromatic carbocycles. The van der Waals surface area contributed by atoms with Gasteiger partial charge in [0.15, 0.2) is 0 Å². The lowest BCUT2D eigenvalue weighted by molar-refractivity contribution is -0.295. The Morgan fingerprint density at radius 2 is 0.312 bits per heavy atom. The molecule has 0 aliphatic heterocycles. The first-order valence-electron chi connectivity index (χ1n) is 34.0. The Labute approximate surface area is 480 Å². The van der Waals surface area contributed by atoms with Crippen LogP contribution in [-0.2, 0) is 48.6 Å². The van der Waals surface area contributed by atoms with Gasteiger partial charge in [-0.05, 0) is 126 Å². The molecule has 0 fully saturated rings. The lowest BCUT2D eigenvalue weighted by Crippen LogP contribution is -2.04. The highest BCUT2D eigenvalue weighted by Gasteiger charge is 2.11. The van der Waals surface area contributed by atoms with Crippen molar-refractivity contribution in [1.82, 2.24) is 0 Å². The quantitative estimate of drug-likeness (QED) is 0.0333. The molecule has 0 radical (unpaired) electrons. The molecule has 10 nitrogen and oxygen atoms in total. The van der Waals surface area contributed by atoms with Gasteiger partial charge in [0.1, 0.15) is 0 Å². The summed E-state index contributed by atoms with van der Waals surface area (Å²) in [5, 5.41) is 0. The van der Waals surface area contributed by atoms with Gasteiger partial charge in [-0.3, -0.25) is 0 Å². The Bertz CT molecular complexity index is 1050. The topological polar surface area (TPSA) is 92.3 Å². The summed E-state index contributed by atoms with van der Waals surface area (Å²) in [5.41, 5.74) is 0. The SMILES string of the molecule is CCC(CCCCCCCOOCCCC(CC)CCCCCCCOOCCCC(CC)CCCCCCCOOCCCC(CC)CCCCCCCOOCCCC(CC)CCCCCCCOC)CCCOC. The summed E-state index contributed by atoms with van der Waals surface area (Å²) in [4.78, 5) is 44.1. The van der Waals surface area contributed by atoms with Crippen molar-refractivity contribution in [3.05, 3.63) is 0 Å². The van der Waals surface area contributed by atoms with Crippen LogP contribution in [0.1, 0.15) is 324 Å². The molecule has 0 saturated heterocycles. The fourth-order valence-electron chi connectivity index (χ4n) is 11.2. The molecule has 0 aromatic heterocycles. The van der Waals surface area contributed by atoms with Crippen molar-refractivity contribution in [1.29, 1.82) is 0 Å². The summed E-state index contributed by atoms with van der Waals surface area (Å²) in [6.07, 6.45) is 56.7. The van der Waals surface area contributed by atoms with Crippen molar-refractivity contribution in [3.63, 3.8) is 0 Å². The third-order valence-electron chi connectivity index (χ3n) is 16.9. The van der Waals surface area contributed by atoms with Crippen molar-refractivity contribution in [3.8, 4) is 0 Å². The van der Waals surface area contributed by atoms with Crippen LogP contribution in [0.25, 0.3) is 0 Å². The van der Waals surface area contributed by atoms with Gasteiger partial charge in [-0.2, -0.15) is 0 Å². The molecule has 0 saturated carbocycles. The summed E-state index contributed by atoms with van der Waals surface area (Å²) < 4.78 is 10.4. The van der Waals surface area contributed by atoms with Crippen molar-refractivity contribution < 1.29 is 48.6 Å². The Balaban J connectivity index is 3.50. The van der Waals surface area contributed by atoms with Gasteiger partial charge >= 0.3 is 0 Å². The third kappa shape index (κ3) is 58.6. The summed E-state index contributed by atoms with van der Waals surface area (Å²) in [7, 11) is 3.60. The molecular weight excluding hydrogens is 965 g/mol. The van der Waals surface area contributed by atoms with Crippen LogP contribution in [0.15, 0.2) is 0 Å². The summed E-state index contributed by atoms with van der Waals surface area (Å²) in [5.74, 6) is 4.12. The van der Waals surface area contributed by atoms with E-state index < -0.39 is 0 Å². The average Bonchev–Trinajstić information content (AvgIpc) is 3.45. The zero-order valence-electron chi connectivity index (χ0n) is 52.9. The molecule has 464 valence electrons. The van der Waals surface area contributed by atoms with Crippen LogP contribution in [0.4, 0.5) is 0 Å². The maximum Gasteiger partial charge on any atom is 0.0822 e. The summed E-state index contributed by atoms with van der Waals surface area (Å²) in [6.45, 7) is 19.3. The Morgan fingerprint density at radius 3 is 0.519 bits per heavy atom. The van der Waals surface area contributed by atoms with Crippen LogP contribution in [0, 0.1) is 29.6 Å². The number of hydrogen-bond acceptors (Lipinski definition) is 10. The maximum absolute atomic E-state index is 5.55. The van der Waals surface area contributed by atoms with Crippen molar-refractivity contribution >= 4 is 0 Å². The Morgan fingerprint density at radius 1 is 0.169 bits per heavy atom. The predicted octanol–water partition coefficient (Wildman–Crippen LogP) is 20.8.